The normalized spacial score (nSPS) is 21.6. The van der Waals surface area contributed by atoms with Gasteiger partial charge in [-0.25, -0.2) is 8.78 Å². The van der Waals surface area contributed by atoms with Gasteiger partial charge in [0.05, 0.1) is 0 Å². The second kappa shape index (κ2) is 6.33. The van der Waals surface area contributed by atoms with Crippen molar-refractivity contribution in [2.75, 3.05) is 13.1 Å². The van der Waals surface area contributed by atoms with Gasteiger partial charge in [-0.15, -0.1) is 0 Å². The Balaban J connectivity index is 1.69. The second-order valence-electron chi connectivity index (χ2n) is 5.41. The van der Waals surface area contributed by atoms with Gasteiger partial charge in [-0.3, -0.25) is 0 Å². The summed E-state index contributed by atoms with van der Waals surface area (Å²) in [6, 6.07) is 14.6. The number of halogens is 2. The van der Waals surface area contributed by atoms with E-state index in [-0.39, 0.29) is 12.0 Å². The molecule has 2 nitrogen and oxygen atoms in total. The van der Waals surface area contributed by atoms with Crippen LogP contribution in [0.4, 0.5) is 8.78 Å². The van der Waals surface area contributed by atoms with Crippen LogP contribution in [0.5, 0.6) is 0 Å². The molecule has 0 aromatic heterocycles. The number of hydrogen-bond donors (Lipinski definition) is 2. The minimum atomic E-state index is -0.793. The maximum atomic E-state index is 13.4. The molecule has 1 heterocycles. The van der Waals surface area contributed by atoms with Crippen LogP contribution in [0.15, 0.2) is 48.5 Å². The highest BCUT2D eigenvalue weighted by Gasteiger charge is 2.28. The predicted octanol–water partition coefficient (Wildman–Crippen LogP) is 2.81. The van der Waals surface area contributed by atoms with Crippen molar-refractivity contribution >= 4 is 0 Å². The predicted molar refractivity (Wildman–Crippen MR) is 79.0 cm³/mol. The van der Waals surface area contributed by atoms with Crippen molar-refractivity contribution in [3.8, 4) is 0 Å². The van der Waals surface area contributed by atoms with Crippen molar-refractivity contribution in [2.24, 2.45) is 0 Å². The molecule has 0 aliphatic carbocycles. The maximum Gasteiger partial charge on any atom is 0.159 e. The van der Waals surface area contributed by atoms with E-state index in [2.05, 4.69) is 22.8 Å². The fourth-order valence-electron chi connectivity index (χ4n) is 2.83. The maximum absolute atomic E-state index is 13.4. The Morgan fingerprint density at radius 2 is 1.81 bits per heavy atom. The summed E-state index contributed by atoms with van der Waals surface area (Å²) >= 11 is 0. The van der Waals surface area contributed by atoms with Gasteiger partial charge in [0, 0.05) is 31.6 Å². The summed E-state index contributed by atoms with van der Waals surface area (Å²) in [5, 5.41) is 6.81. The Bertz CT molecular complexity index is 601. The molecule has 1 aliphatic heterocycles. The molecule has 1 saturated heterocycles. The smallest absolute Gasteiger partial charge is 0.159 e. The van der Waals surface area contributed by atoms with Gasteiger partial charge >= 0.3 is 0 Å². The lowest BCUT2D eigenvalue weighted by atomic mass is 9.94. The van der Waals surface area contributed by atoms with E-state index < -0.39 is 11.6 Å². The third-order valence-corrected chi connectivity index (χ3v) is 4.00. The van der Waals surface area contributed by atoms with Gasteiger partial charge in [0.15, 0.2) is 11.6 Å². The number of nitrogens with one attached hydrogen (secondary N) is 2. The molecule has 2 aromatic rings. The van der Waals surface area contributed by atoms with E-state index >= 15 is 0 Å². The van der Waals surface area contributed by atoms with Crippen LogP contribution in [0.3, 0.4) is 0 Å². The Kier molecular flexibility index (Phi) is 4.27. The summed E-state index contributed by atoms with van der Waals surface area (Å²) in [6.07, 6.45) is 0. The molecule has 4 heteroatoms. The van der Waals surface area contributed by atoms with Gasteiger partial charge in [-0.05, 0) is 23.3 Å². The Hall–Kier alpha value is -1.78. The van der Waals surface area contributed by atoms with E-state index in [4.69, 9.17) is 0 Å². The summed E-state index contributed by atoms with van der Waals surface area (Å²) in [4.78, 5) is 0. The SMILES string of the molecule is Fc1ccc(C2CNCC2NCc2ccccc2)cc1F. The molecule has 21 heavy (non-hydrogen) atoms. The molecular formula is C17H18F2N2. The van der Waals surface area contributed by atoms with Crippen molar-refractivity contribution < 1.29 is 8.78 Å². The standard InChI is InChI=1S/C17H18F2N2/c18-15-7-6-13(8-16(15)19)14-10-20-11-17(14)21-9-12-4-2-1-3-5-12/h1-8,14,17,20-21H,9-11H2. The van der Waals surface area contributed by atoms with Crippen molar-refractivity contribution in [2.45, 2.75) is 18.5 Å². The van der Waals surface area contributed by atoms with E-state index in [0.29, 0.717) is 0 Å². The lowest BCUT2D eigenvalue weighted by Crippen LogP contribution is -2.34. The van der Waals surface area contributed by atoms with Crippen molar-refractivity contribution in [1.82, 2.24) is 10.6 Å². The van der Waals surface area contributed by atoms with E-state index in [0.717, 1.165) is 25.2 Å². The number of rotatable bonds is 4. The zero-order chi connectivity index (χ0) is 14.7. The van der Waals surface area contributed by atoms with Crippen LogP contribution in [0.1, 0.15) is 17.0 Å². The van der Waals surface area contributed by atoms with Crippen LogP contribution in [0, 0.1) is 11.6 Å². The third-order valence-electron chi connectivity index (χ3n) is 4.00. The molecule has 2 atom stereocenters. The molecule has 1 fully saturated rings. The van der Waals surface area contributed by atoms with Gasteiger partial charge in [-0.2, -0.15) is 0 Å². The molecule has 1 aliphatic rings. The molecule has 3 rings (SSSR count). The summed E-state index contributed by atoms with van der Waals surface area (Å²) in [5.41, 5.74) is 2.05. The molecule has 0 radical (unpaired) electrons. The minimum Gasteiger partial charge on any atom is -0.314 e. The van der Waals surface area contributed by atoms with E-state index in [1.165, 1.54) is 17.7 Å². The largest absolute Gasteiger partial charge is 0.314 e. The van der Waals surface area contributed by atoms with Crippen LogP contribution in [-0.4, -0.2) is 19.1 Å². The monoisotopic (exact) mass is 288 g/mol. The summed E-state index contributed by atoms with van der Waals surface area (Å²) < 4.78 is 26.4. The van der Waals surface area contributed by atoms with Gasteiger partial charge in [0.2, 0.25) is 0 Å². The van der Waals surface area contributed by atoms with Gasteiger partial charge < -0.3 is 10.6 Å². The molecule has 2 unspecified atom stereocenters. The van der Waals surface area contributed by atoms with Crippen molar-refractivity contribution in [1.29, 1.82) is 0 Å². The van der Waals surface area contributed by atoms with E-state index in [1.807, 2.05) is 18.2 Å². The van der Waals surface area contributed by atoms with Crippen molar-refractivity contribution in [3.05, 3.63) is 71.3 Å². The first-order chi connectivity index (χ1) is 10.2. The lowest BCUT2D eigenvalue weighted by molar-refractivity contribution is 0.488. The number of hydrogen-bond acceptors (Lipinski definition) is 2. The topological polar surface area (TPSA) is 24.1 Å². The second-order valence-corrected chi connectivity index (χ2v) is 5.41. The van der Waals surface area contributed by atoms with Crippen LogP contribution in [-0.2, 0) is 6.54 Å². The quantitative estimate of drug-likeness (QED) is 0.904. The fourth-order valence-corrected chi connectivity index (χ4v) is 2.83. The van der Waals surface area contributed by atoms with E-state index in [9.17, 15) is 8.78 Å². The average molecular weight is 288 g/mol. The van der Waals surface area contributed by atoms with Gasteiger partial charge in [-0.1, -0.05) is 36.4 Å². The zero-order valence-electron chi connectivity index (χ0n) is 11.7. The molecule has 2 N–H and O–H groups in total. The summed E-state index contributed by atoms with van der Waals surface area (Å²) in [7, 11) is 0. The molecular weight excluding hydrogens is 270 g/mol. The molecule has 0 amide bonds. The molecule has 0 bridgehead atoms. The van der Waals surface area contributed by atoms with Crippen LogP contribution >= 0.6 is 0 Å². The highest BCUT2D eigenvalue weighted by atomic mass is 19.2. The van der Waals surface area contributed by atoms with Gasteiger partial charge in [0.25, 0.3) is 0 Å². The van der Waals surface area contributed by atoms with Crippen LogP contribution in [0.25, 0.3) is 0 Å². The Morgan fingerprint density at radius 1 is 1.00 bits per heavy atom. The number of benzene rings is 2. The zero-order valence-corrected chi connectivity index (χ0v) is 11.7. The summed E-state index contributed by atoms with van der Waals surface area (Å²) in [6.45, 7) is 2.38. The Morgan fingerprint density at radius 3 is 2.57 bits per heavy atom. The fraction of sp³-hybridized carbons (Fsp3) is 0.294. The first kappa shape index (κ1) is 14.2. The third kappa shape index (κ3) is 3.28. The first-order valence-corrected chi connectivity index (χ1v) is 7.17. The summed E-state index contributed by atoms with van der Waals surface area (Å²) in [5.74, 6) is -1.41. The van der Waals surface area contributed by atoms with Crippen molar-refractivity contribution in [3.63, 3.8) is 0 Å². The molecule has 110 valence electrons. The Labute approximate surface area is 123 Å². The van der Waals surface area contributed by atoms with Crippen LogP contribution in [0.2, 0.25) is 0 Å². The lowest BCUT2D eigenvalue weighted by Gasteiger charge is -2.20. The molecule has 0 saturated carbocycles. The minimum absolute atomic E-state index is 0.156. The van der Waals surface area contributed by atoms with Crippen LogP contribution < -0.4 is 10.6 Å². The average Bonchev–Trinajstić information content (AvgIpc) is 2.97. The highest BCUT2D eigenvalue weighted by molar-refractivity contribution is 5.25. The highest BCUT2D eigenvalue weighted by Crippen LogP contribution is 2.24. The van der Waals surface area contributed by atoms with E-state index in [1.54, 1.807) is 6.07 Å². The first-order valence-electron chi connectivity index (χ1n) is 7.17. The molecule has 2 aromatic carbocycles. The molecule has 0 spiro atoms. The van der Waals surface area contributed by atoms with Gasteiger partial charge in [0.1, 0.15) is 0 Å².